The molecule has 0 saturated carbocycles. The van der Waals surface area contributed by atoms with Crippen molar-refractivity contribution >= 4 is 17.3 Å². The van der Waals surface area contributed by atoms with Crippen molar-refractivity contribution < 1.29 is 9.72 Å². The van der Waals surface area contributed by atoms with Crippen LogP contribution in [0.2, 0.25) is 0 Å². The van der Waals surface area contributed by atoms with Crippen LogP contribution in [0, 0.1) is 16.0 Å². The van der Waals surface area contributed by atoms with Gasteiger partial charge in [0.15, 0.2) is 0 Å². The zero-order valence-electron chi connectivity index (χ0n) is 15.6. The molecule has 2 fully saturated rings. The summed E-state index contributed by atoms with van der Waals surface area (Å²) in [5.41, 5.74) is 1.08. The number of amides is 1. The topological polar surface area (TPSA) is 78.7 Å². The third-order valence-electron chi connectivity index (χ3n) is 5.73. The van der Waals surface area contributed by atoms with E-state index >= 15 is 0 Å². The molecule has 1 aromatic rings. The molecule has 7 heteroatoms. The normalized spacial score (nSPS) is 19.6. The summed E-state index contributed by atoms with van der Waals surface area (Å²) in [4.78, 5) is 27.9. The number of nitrogens with zero attached hydrogens (tertiary/aromatic N) is 3. The number of likely N-dealkylation sites (tertiary alicyclic amines) is 1. The maximum absolute atomic E-state index is 12.8. The van der Waals surface area contributed by atoms with Crippen LogP contribution < -0.4 is 10.2 Å². The molecule has 0 radical (unpaired) electrons. The predicted molar refractivity (Wildman–Crippen MR) is 102 cm³/mol. The number of carbonyl (C=O) groups excluding carboxylic acids is 1. The molecule has 7 nitrogen and oxygen atoms in total. The summed E-state index contributed by atoms with van der Waals surface area (Å²) in [5.74, 6) is 0.549. The fourth-order valence-electron chi connectivity index (χ4n) is 3.87. The first-order chi connectivity index (χ1) is 12.5. The van der Waals surface area contributed by atoms with E-state index in [0.29, 0.717) is 36.3 Å². The molecular weight excluding hydrogens is 332 g/mol. The largest absolute Gasteiger partial charge is 0.366 e. The van der Waals surface area contributed by atoms with Gasteiger partial charge in [-0.2, -0.15) is 0 Å². The maximum Gasteiger partial charge on any atom is 0.293 e. The molecule has 0 atom stereocenters. The lowest BCUT2D eigenvalue weighted by molar-refractivity contribution is -0.384. The second-order valence-corrected chi connectivity index (χ2v) is 7.49. The third-order valence-corrected chi connectivity index (χ3v) is 5.73. The van der Waals surface area contributed by atoms with Gasteiger partial charge in [0.25, 0.3) is 11.6 Å². The number of rotatable bonds is 4. The van der Waals surface area contributed by atoms with Gasteiger partial charge in [-0.05, 0) is 50.8 Å². The van der Waals surface area contributed by atoms with E-state index in [-0.39, 0.29) is 16.5 Å². The molecule has 3 rings (SSSR count). The second kappa shape index (κ2) is 8.03. The molecule has 2 saturated heterocycles. The van der Waals surface area contributed by atoms with Crippen LogP contribution in [0.5, 0.6) is 0 Å². The van der Waals surface area contributed by atoms with Crippen molar-refractivity contribution in [1.29, 1.82) is 0 Å². The van der Waals surface area contributed by atoms with Crippen LogP contribution in [-0.2, 0) is 0 Å². The van der Waals surface area contributed by atoms with Crippen molar-refractivity contribution in [2.75, 3.05) is 38.1 Å². The zero-order valence-corrected chi connectivity index (χ0v) is 15.6. The fourth-order valence-corrected chi connectivity index (χ4v) is 3.87. The first-order valence-corrected chi connectivity index (χ1v) is 9.49. The summed E-state index contributed by atoms with van der Waals surface area (Å²) < 4.78 is 0. The van der Waals surface area contributed by atoms with E-state index < -0.39 is 0 Å². The Labute approximate surface area is 154 Å². The van der Waals surface area contributed by atoms with Gasteiger partial charge in [-0.3, -0.25) is 14.9 Å². The van der Waals surface area contributed by atoms with Crippen molar-refractivity contribution in [1.82, 2.24) is 10.2 Å². The average Bonchev–Trinajstić information content (AvgIpc) is 2.67. The number of benzene rings is 1. The van der Waals surface area contributed by atoms with Gasteiger partial charge in [-0.15, -0.1) is 0 Å². The van der Waals surface area contributed by atoms with E-state index in [9.17, 15) is 14.9 Å². The van der Waals surface area contributed by atoms with Crippen molar-refractivity contribution in [2.24, 2.45) is 5.92 Å². The number of nitro groups is 1. The van der Waals surface area contributed by atoms with Crippen LogP contribution in [0.15, 0.2) is 18.2 Å². The van der Waals surface area contributed by atoms with E-state index in [2.05, 4.69) is 17.1 Å². The van der Waals surface area contributed by atoms with Gasteiger partial charge < -0.3 is 15.1 Å². The van der Waals surface area contributed by atoms with Crippen molar-refractivity contribution in [3.05, 3.63) is 33.9 Å². The molecular formula is C19H28N4O3. The van der Waals surface area contributed by atoms with Crippen molar-refractivity contribution in [3.8, 4) is 0 Å². The van der Waals surface area contributed by atoms with Gasteiger partial charge in [-0.1, -0.05) is 6.92 Å². The number of carbonyl (C=O) groups is 1. The Morgan fingerprint density at radius 3 is 2.38 bits per heavy atom. The van der Waals surface area contributed by atoms with Gasteiger partial charge in [0, 0.05) is 43.9 Å². The lowest BCUT2D eigenvalue weighted by Crippen LogP contribution is -2.44. The summed E-state index contributed by atoms with van der Waals surface area (Å²) in [7, 11) is 1.94. The van der Waals surface area contributed by atoms with Crippen molar-refractivity contribution in [2.45, 2.75) is 38.6 Å². The molecule has 0 aromatic heterocycles. The quantitative estimate of drug-likeness (QED) is 0.660. The van der Waals surface area contributed by atoms with Crippen LogP contribution in [0.1, 0.15) is 43.0 Å². The van der Waals surface area contributed by atoms with Crippen LogP contribution in [0.4, 0.5) is 11.4 Å². The minimum absolute atomic E-state index is 0.0375. The molecule has 1 N–H and O–H groups in total. The SMILES string of the molecule is CNC1CCN(C(=O)c2ccc(N3CCC(C)CC3)c([N+](=O)[O-])c2)CC1. The first-order valence-electron chi connectivity index (χ1n) is 9.49. The highest BCUT2D eigenvalue weighted by molar-refractivity contribution is 5.96. The van der Waals surface area contributed by atoms with Crippen LogP contribution in [0.3, 0.4) is 0 Å². The Hall–Kier alpha value is -2.15. The van der Waals surface area contributed by atoms with Crippen LogP contribution in [-0.4, -0.2) is 55.0 Å². The highest BCUT2D eigenvalue weighted by Crippen LogP contribution is 2.32. The number of nitro benzene ring substituents is 1. The zero-order chi connectivity index (χ0) is 18.7. The lowest BCUT2D eigenvalue weighted by Gasteiger charge is -2.33. The molecule has 0 bridgehead atoms. The standard InChI is InChI=1S/C19H28N4O3/c1-14-5-9-21(10-6-14)17-4-3-15(13-18(17)23(25)26)19(24)22-11-7-16(20-2)8-12-22/h3-4,13-14,16,20H,5-12H2,1-2H3. The number of hydrogen-bond acceptors (Lipinski definition) is 5. The van der Waals surface area contributed by atoms with E-state index in [4.69, 9.17) is 0 Å². The van der Waals surface area contributed by atoms with E-state index in [1.807, 2.05) is 7.05 Å². The van der Waals surface area contributed by atoms with Gasteiger partial charge >= 0.3 is 0 Å². The van der Waals surface area contributed by atoms with E-state index in [1.165, 1.54) is 6.07 Å². The highest BCUT2D eigenvalue weighted by atomic mass is 16.6. The van der Waals surface area contributed by atoms with Gasteiger partial charge in [0.05, 0.1) is 4.92 Å². The molecule has 0 aliphatic carbocycles. The molecule has 2 aliphatic heterocycles. The Kier molecular flexibility index (Phi) is 5.76. The number of piperidine rings is 2. The smallest absolute Gasteiger partial charge is 0.293 e. The molecule has 142 valence electrons. The van der Waals surface area contributed by atoms with Crippen molar-refractivity contribution in [3.63, 3.8) is 0 Å². The molecule has 26 heavy (non-hydrogen) atoms. The molecule has 2 heterocycles. The first kappa shape index (κ1) is 18.6. The third kappa shape index (κ3) is 3.98. The summed E-state index contributed by atoms with van der Waals surface area (Å²) in [6.07, 6.45) is 3.90. The molecule has 0 unspecified atom stereocenters. The monoisotopic (exact) mass is 360 g/mol. The maximum atomic E-state index is 12.8. The summed E-state index contributed by atoms with van der Waals surface area (Å²) in [6.45, 7) is 5.23. The number of hydrogen-bond donors (Lipinski definition) is 1. The lowest BCUT2D eigenvalue weighted by atomic mass is 9.98. The molecule has 1 amide bonds. The molecule has 0 spiro atoms. The Balaban J connectivity index is 1.78. The molecule has 1 aromatic carbocycles. The van der Waals surface area contributed by atoms with Crippen LogP contribution >= 0.6 is 0 Å². The fraction of sp³-hybridized carbons (Fsp3) is 0.632. The van der Waals surface area contributed by atoms with Gasteiger partial charge in [-0.25, -0.2) is 0 Å². The second-order valence-electron chi connectivity index (χ2n) is 7.49. The van der Waals surface area contributed by atoms with Gasteiger partial charge in [0.2, 0.25) is 0 Å². The highest BCUT2D eigenvalue weighted by Gasteiger charge is 2.27. The summed E-state index contributed by atoms with van der Waals surface area (Å²) in [5, 5.41) is 14.8. The Bertz CT molecular complexity index is 663. The van der Waals surface area contributed by atoms with E-state index in [1.54, 1.807) is 17.0 Å². The predicted octanol–water partition coefficient (Wildman–Crippen LogP) is 2.66. The molecule has 2 aliphatic rings. The Morgan fingerprint density at radius 2 is 1.81 bits per heavy atom. The number of nitrogens with one attached hydrogen (secondary N) is 1. The minimum Gasteiger partial charge on any atom is -0.366 e. The van der Waals surface area contributed by atoms with Gasteiger partial charge in [0.1, 0.15) is 5.69 Å². The summed E-state index contributed by atoms with van der Waals surface area (Å²) in [6, 6.07) is 5.39. The minimum atomic E-state index is -0.364. The van der Waals surface area contributed by atoms with E-state index in [0.717, 1.165) is 38.8 Å². The summed E-state index contributed by atoms with van der Waals surface area (Å²) >= 11 is 0. The number of anilines is 1. The Morgan fingerprint density at radius 1 is 1.15 bits per heavy atom. The average molecular weight is 360 g/mol. The van der Waals surface area contributed by atoms with Crippen LogP contribution in [0.25, 0.3) is 0 Å².